The number of pyridine rings is 1. The Morgan fingerprint density at radius 3 is 2.50 bits per heavy atom. The van der Waals surface area contributed by atoms with Crippen molar-refractivity contribution in [2.24, 2.45) is 5.73 Å². The van der Waals surface area contributed by atoms with Gasteiger partial charge in [0, 0.05) is 10.7 Å². The summed E-state index contributed by atoms with van der Waals surface area (Å²) in [6, 6.07) is 1.81. The fourth-order valence-electron chi connectivity index (χ4n) is 0.714. The smallest absolute Gasteiger partial charge is 0.259 e. The average molecular weight is 237 g/mol. The fraction of sp³-hybridized carbons (Fsp3) is 0.286. The van der Waals surface area contributed by atoms with Crippen LogP contribution in [0.25, 0.3) is 0 Å². The molecule has 2 nitrogen and oxygen atoms in total. The minimum atomic E-state index is -2.57. The van der Waals surface area contributed by atoms with Crippen molar-refractivity contribution in [3.8, 4) is 0 Å². The van der Waals surface area contributed by atoms with Crippen LogP contribution in [0.1, 0.15) is 11.7 Å². The number of alkyl halides is 2. The maximum Gasteiger partial charge on any atom is 0.259 e. The number of aromatic nitrogens is 1. The van der Waals surface area contributed by atoms with E-state index in [4.69, 9.17) is 5.73 Å². The SMILES string of the molecule is N[C@H](c1ccc(Br)cn1)C(F)F. The number of rotatable bonds is 2. The molecule has 0 unspecified atom stereocenters. The Kier molecular flexibility index (Phi) is 3.11. The van der Waals surface area contributed by atoms with Gasteiger partial charge < -0.3 is 5.73 Å². The molecule has 0 aliphatic heterocycles. The standard InChI is InChI=1S/C7H7BrF2N2/c8-4-1-2-5(12-3-4)6(11)7(9)10/h1-3,6-7H,11H2/t6-/m1/s1. The summed E-state index contributed by atoms with van der Waals surface area (Å²) in [5.74, 6) is 0. The first-order valence-corrected chi connectivity index (χ1v) is 4.05. The molecule has 0 saturated heterocycles. The van der Waals surface area contributed by atoms with E-state index in [2.05, 4.69) is 20.9 Å². The molecular weight excluding hydrogens is 230 g/mol. The molecule has 1 heterocycles. The maximum absolute atomic E-state index is 12.0. The number of nitrogens with zero attached hydrogens (tertiary/aromatic N) is 1. The van der Waals surface area contributed by atoms with Crippen molar-refractivity contribution < 1.29 is 8.78 Å². The van der Waals surface area contributed by atoms with E-state index in [1.807, 2.05) is 0 Å². The summed E-state index contributed by atoms with van der Waals surface area (Å²) in [5, 5.41) is 0. The van der Waals surface area contributed by atoms with Crippen molar-refractivity contribution in [1.82, 2.24) is 4.98 Å². The molecule has 0 amide bonds. The van der Waals surface area contributed by atoms with E-state index in [-0.39, 0.29) is 5.69 Å². The summed E-state index contributed by atoms with van der Waals surface area (Å²) in [6.45, 7) is 0. The van der Waals surface area contributed by atoms with Gasteiger partial charge in [-0.05, 0) is 28.1 Å². The van der Waals surface area contributed by atoms with Crippen LogP contribution in [0.3, 0.4) is 0 Å². The van der Waals surface area contributed by atoms with Gasteiger partial charge in [-0.2, -0.15) is 0 Å². The predicted molar refractivity (Wildman–Crippen MR) is 44.9 cm³/mol. The Labute approximate surface area is 76.9 Å². The van der Waals surface area contributed by atoms with Gasteiger partial charge in [0.25, 0.3) is 6.43 Å². The van der Waals surface area contributed by atoms with Crippen LogP contribution in [0.2, 0.25) is 0 Å². The van der Waals surface area contributed by atoms with Crippen LogP contribution in [-0.2, 0) is 0 Å². The van der Waals surface area contributed by atoms with Crippen LogP contribution < -0.4 is 5.73 Å². The lowest BCUT2D eigenvalue weighted by Gasteiger charge is -2.08. The molecule has 0 bridgehead atoms. The van der Waals surface area contributed by atoms with Crippen LogP contribution >= 0.6 is 15.9 Å². The van der Waals surface area contributed by atoms with Gasteiger partial charge in [0.05, 0.1) is 5.69 Å². The van der Waals surface area contributed by atoms with E-state index in [9.17, 15) is 8.78 Å². The van der Waals surface area contributed by atoms with Crippen LogP contribution in [0.5, 0.6) is 0 Å². The van der Waals surface area contributed by atoms with Crippen LogP contribution in [0, 0.1) is 0 Å². The first kappa shape index (κ1) is 9.54. The Morgan fingerprint density at radius 2 is 2.08 bits per heavy atom. The number of halogens is 3. The highest BCUT2D eigenvalue weighted by atomic mass is 79.9. The molecule has 1 aromatic rings. The molecule has 0 aliphatic rings. The van der Waals surface area contributed by atoms with Gasteiger partial charge in [-0.25, -0.2) is 8.78 Å². The van der Waals surface area contributed by atoms with Crippen LogP contribution in [0.15, 0.2) is 22.8 Å². The summed E-state index contributed by atoms with van der Waals surface area (Å²) >= 11 is 3.14. The zero-order valence-electron chi connectivity index (χ0n) is 6.05. The summed E-state index contributed by atoms with van der Waals surface area (Å²) < 4.78 is 24.8. The topological polar surface area (TPSA) is 38.9 Å². The second-order valence-corrected chi connectivity index (χ2v) is 3.18. The third kappa shape index (κ3) is 2.22. The van der Waals surface area contributed by atoms with E-state index < -0.39 is 12.5 Å². The molecule has 12 heavy (non-hydrogen) atoms. The highest BCUT2D eigenvalue weighted by Crippen LogP contribution is 2.17. The highest BCUT2D eigenvalue weighted by Gasteiger charge is 2.18. The molecule has 0 aliphatic carbocycles. The largest absolute Gasteiger partial charge is 0.318 e. The van der Waals surface area contributed by atoms with Crippen LogP contribution in [-0.4, -0.2) is 11.4 Å². The molecule has 0 spiro atoms. The van der Waals surface area contributed by atoms with Crippen molar-refractivity contribution in [1.29, 1.82) is 0 Å². The summed E-state index contributed by atoms with van der Waals surface area (Å²) in [6.07, 6.45) is -1.13. The monoisotopic (exact) mass is 236 g/mol. The van der Waals surface area contributed by atoms with E-state index >= 15 is 0 Å². The Balaban J connectivity index is 2.82. The summed E-state index contributed by atoms with van der Waals surface area (Å²) in [4.78, 5) is 3.75. The van der Waals surface area contributed by atoms with E-state index in [1.54, 1.807) is 6.07 Å². The molecule has 0 fully saturated rings. The van der Waals surface area contributed by atoms with Crippen molar-refractivity contribution in [2.45, 2.75) is 12.5 Å². The molecule has 2 N–H and O–H groups in total. The van der Waals surface area contributed by atoms with Gasteiger partial charge in [-0.15, -0.1) is 0 Å². The lowest BCUT2D eigenvalue weighted by Crippen LogP contribution is -2.19. The third-order valence-electron chi connectivity index (χ3n) is 1.36. The van der Waals surface area contributed by atoms with Gasteiger partial charge in [0.1, 0.15) is 6.04 Å². The van der Waals surface area contributed by atoms with Crippen molar-refractivity contribution in [3.05, 3.63) is 28.5 Å². The molecule has 1 atom stereocenters. The number of hydrogen-bond acceptors (Lipinski definition) is 2. The lowest BCUT2D eigenvalue weighted by atomic mass is 10.2. The highest BCUT2D eigenvalue weighted by molar-refractivity contribution is 9.10. The minimum Gasteiger partial charge on any atom is -0.318 e. The molecule has 1 aromatic heterocycles. The van der Waals surface area contributed by atoms with Crippen molar-refractivity contribution in [3.63, 3.8) is 0 Å². The van der Waals surface area contributed by atoms with Gasteiger partial charge in [0.15, 0.2) is 0 Å². The predicted octanol–water partition coefficient (Wildman–Crippen LogP) is 2.11. The van der Waals surface area contributed by atoms with Crippen molar-refractivity contribution >= 4 is 15.9 Å². The first-order valence-electron chi connectivity index (χ1n) is 3.26. The van der Waals surface area contributed by atoms with E-state index in [0.717, 1.165) is 4.47 Å². The Bertz CT molecular complexity index is 250. The number of hydrogen-bond donors (Lipinski definition) is 1. The molecule has 0 saturated carbocycles. The minimum absolute atomic E-state index is 0.202. The van der Waals surface area contributed by atoms with Crippen LogP contribution in [0.4, 0.5) is 8.78 Å². The molecule has 5 heteroatoms. The average Bonchev–Trinajstić information content (AvgIpc) is 2.04. The van der Waals surface area contributed by atoms with Gasteiger partial charge in [-0.1, -0.05) is 0 Å². The van der Waals surface area contributed by atoms with E-state index in [1.165, 1.54) is 12.3 Å². The molecule has 66 valence electrons. The first-order chi connectivity index (χ1) is 5.61. The van der Waals surface area contributed by atoms with Gasteiger partial charge in [-0.3, -0.25) is 4.98 Å². The van der Waals surface area contributed by atoms with Crippen molar-refractivity contribution in [2.75, 3.05) is 0 Å². The zero-order chi connectivity index (χ0) is 9.14. The van der Waals surface area contributed by atoms with E-state index in [0.29, 0.717) is 0 Å². The maximum atomic E-state index is 12.0. The zero-order valence-corrected chi connectivity index (χ0v) is 7.63. The lowest BCUT2D eigenvalue weighted by molar-refractivity contribution is 0.114. The summed E-state index contributed by atoms with van der Waals surface area (Å²) in [5.41, 5.74) is 5.36. The normalized spacial score (nSPS) is 13.4. The second-order valence-electron chi connectivity index (χ2n) is 2.26. The Morgan fingerprint density at radius 1 is 1.42 bits per heavy atom. The second kappa shape index (κ2) is 3.91. The van der Waals surface area contributed by atoms with Gasteiger partial charge in [0.2, 0.25) is 0 Å². The molecular formula is C7H7BrF2N2. The third-order valence-corrected chi connectivity index (χ3v) is 1.83. The molecule has 1 rings (SSSR count). The Hall–Kier alpha value is -0.550. The quantitative estimate of drug-likeness (QED) is 0.855. The fourth-order valence-corrected chi connectivity index (χ4v) is 0.948. The molecule has 0 aromatic carbocycles. The summed E-state index contributed by atoms with van der Waals surface area (Å²) in [7, 11) is 0. The van der Waals surface area contributed by atoms with Gasteiger partial charge >= 0.3 is 0 Å². The number of nitrogens with two attached hydrogens (primary N) is 1. The molecule has 0 radical (unpaired) electrons.